The molecule has 0 unspecified atom stereocenters. The van der Waals surface area contributed by atoms with Gasteiger partial charge in [0.15, 0.2) is 0 Å². The van der Waals surface area contributed by atoms with Gasteiger partial charge in [0.1, 0.15) is 23.9 Å². The maximum Gasteiger partial charge on any atom is 0.340 e. The van der Waals surface area contributed by atoms with Crippen molar-refractivity contribution >= 4 is 29.3 Å². The van der Waals surface area contributed by atoms with Crippen molar-refractivity contribution in [1.82, 2.24) is 9.55 Å². The van der Waals surface area contributed by atoms with Crippen molar-refractivity contribution in [3.05, 3.63) is 72.2 Å². The Kier molecular flexibility index (Phi) is 7.45. The fourth-order valence-electron chi connectivity index (χ4n) is 3.72. The van der Waals surface area contributed by atoms with E-state index >= 15 is 0 Å². The zero-order valence-corrected chi connectivity index (χ0v) is 19.4. The van der Waals surface area contributed by atoms with Crippen LogP contribution in [0.4, 0.5) is 0 Å². The Morgan fingerprint density at radius 3 is 2.61 bits per heavy atom. The summed E-state index contributed by atoms with van der Waals surface area (Å²) in [5, 5.41) is 11.3. The monoisotopic (exact) mass is 468 g/mol. The second-order valence-electron chi connectivity index (χ2n) is 7.20. The molecule has 8 heteroatoms. The molecule has 2 aromatic carbocycles. The number of phenols is 1. The molecule has 0 fully saturated rings. The van der Waals surface area contributed by atoms with E-state index < -0.39 is 5.97 Å². The SMILES string of the molecule is CCOC(=O)c1c(COc2cccc(OC)c2)n(C)c2cc(-c3cccnc3)c(O)cc12.Cl. The Morgan fingerprint density at radius 2 is 1.91 bits per heavy atom. The van der Waals surface area contributed by atoms with Crippen LogP contribution >= 0.6 is 12.4 Å². The molecule has 0 radical (unpaired) electrons. The quantitative estimate of drug-likeness (QED) is 0.378. The van der Waals surface area contributed by atoms with E-state index in [1.54, 1.807) is 44.6 Å². The van der Waals surface area contributed by atoms with Gasteiger partial charge in [0.25, 0.3) is 0 Å². The van der Waals surface area contributed by atoms with Gasteiger partial charge < -0.3 is 23.9 Å². The number of benzene rings is 2. The number of halogens is 1. The van der Waals surface area contributed by atoms with Gasteiger partial charge in [-0.25, -0.2) is 4.79 Å². The molecule has 1 N–H and O–H groups in total. The molecule has 172 valence electrons. The summed E-state index contributed by atoms with van der Waals surface area (Å²) in [7, 11) is 3.45. The highest BCUT2D eigenvalue weighted by Gasteiger charge is 2.24. The highest BCUT2D eigenvalue weighted by Crippen LogP contribution is 2.37. The second-order valence-corrected chi connectivity index (χ2v) is 7.20. The zero-order chi connectivity index (χ0) is 22.7. The largest absolute Gasteiger partial charge is 0.507 e. The molecule has 0 aliphatic carbocycles. The van der Waals surface area contributed by atoms with E-state index in [4.69, 9.17) is 14.2 Å². The van der Waals surface area contributed by atoms with Crippen molar-refractivity contribution in [2.45, 2.75) is 13.5 Å². The lowest BCUT2D eigenvalue weighted by atomic mass is 10.0. The van der Waals surface area contributed by atoms with Crippen molar-refractivity contribution in [2.75, 3.05) is 13.7 Å². The minimum absolute atomic E-state index is 0. The van der Waals surface area contributed by atoms with Gasteiger partial charge in [0, 0.05) is 47.5 Å². The standard InChI is InChI=1S/C25H24N2O5.ClH/c1-4-31-25(29)24-20-13-23(28)19(16-7-6-10-26-14-16)12-21(20)27(2)22(24)15-32-18-9-5-8-17(11-18)30-3;/h5-14,28H,4,15H2,1-3H3;1H. The average Bonchev–Trinajstić information content (AvgIpc) is 3.08. The van der Waals surface area contributed by atoms with Gasteiger partial charge in [-0.1, -0.05) is 12.1 Å². The van der Waals surface area contributed by atoms with E-state index in [0.717, 1.165) is 11.1 Å². The van der Waals surface area contributed by atoms with Crippen LogP contribution in [0, 0.1) is 0 Å². The van der Waals surface area contributed by atoms with Crippen LogP contribution < -0.4 is 9.47 Å². The summed E-state index contributed by atoms with van der Waals surface area (Å²) in [5.74, 6) is 0.886. The van der Waals surface area contributed by atoms with Gasteiger partial charge in [-0.15, -0.1) is 12.4 Å². The van der Waals surface area contributed by atoms with Crippen molar-refractivity contribution < 1.29 is 24.1 Å². The average molecular weight is 469 g/mol. The number of aromatic nitrogens is 2. The van der Waals surface area contributed by atoms with Gasteiger partial charge >= 0.3 is 5.97 Å². The van der Waals surface area contributed by atoms with Crippen LogP contribution in [0.25, 0.3) is 22.0 Å². The van der Waals surface area contributed by atoms with Crippen LogP contribution in [-0.4, -0.2) is 34.3 Å². The van der Waals surface area contributed by atoms with Crippen LogP contribution in [0.1, 0.15) is 23.0 Å². The van der Waals surface area contributed by atoms with Crippen molar-refractivity contribution in [1.29, 1.82) is 0 Å². The molecule has 0 aliphatic rings. The lowest BCUT2D eigenvalue weighted by Gasteiger charge is -2.11. The molecule has 0 spiro atoms. The van der Waals surface area contributed by atoms with Gasteiger partial charge in [0.05, 0.1) is 25.0 Å². The Morgan fingerprint density at radius 1 is 1.12 bits per heavy atom. The fourth-order valence-corrected chi connectivity index (χ4v) is 3.72. The third kappa shape index (κ3) is 4.73. The summed E-state index contributed by atoms with van der Waals surface area (Å²) in [4.78, 5) is 17.0. The molecule has 0 bridgehead atoms. The molecule has 2 aromatic heterocycles. The minimum atomic E-state index is -0.462. The number of nitrogens with zero attached hydrogens (tertiary/aromatic N) is 2. The summed E-state index contributed by atoms with van der Waals surface area (Å²) >= 11 is 0. The number of hydrogen-bond acceptors (Lipinski definition) is 6. The third-order valence-corrected chi connectivity index (χ3v) is 5.31. The summed E-state index contributed by atoms with van der Waals surface area (Å²) in [6.07, 6.45) is 3.36. The lowest BCUT2D eigenvalue weighted by Crippen LogP contribution is -2.11. The molecule has 4 rings (SSSR count). The Bertz CT molecular complexity index is 1270. The third-order valence-electron chi connectivity index (χ3n) is 5.31. The summed E-state index contributed by atoms with van der Waals surface area (Å²) in [6.45, 7) is 2.13. The van der Waals surface area contributed by atoms with Crippen LogP contribution in [-0.2, 0) is 18.4 Å². The molecule has 33 heavy (non-hydrogen) atoms. The molecular weight excluding hydrogens is 444 g/mol. The maximum atomic E-state index is 12.9. The Balaban J connectivity index is 0.00000306. The van der Waals surface area contributed by atoms with Crippen LogP contribution in [0.2, 0.25) is 0 Å². The topological polar surface area (TPSA) is 82.8 Å². The van der Waals surface area contributed by atoms with Gasteiger partial charge in [-0.3, -0.25) is 4.98 Å². The number of pyridine rings is 1. The van der Waals surface area contributed by atoms with Gasteiger partial charge in [-0.2, -0.15) is 0 Å². The summed E-state index contributed by atoms with van der Waals surface area (Å²) < 4.78 is 18.4. The molecule has 2 heterocycles. The smallest absolute Gasteiger partial charge is 0.340 e. The van der Waals surface area contributed by atoms with Crippen LogP contribution in [0.15, 0.2) is 60.9 Å². The van der Waals surface area contributed by atoms with Crippen molar-refractivity contribution in [2.24, 2.45) is 7.05 Å². The van der Waals surface area contributed by atoms with E-state index in [1.807, 2.05) is 41.9 Å². The number of carbonyl (C=O) groups is 1. The first-order valence-corrected chi connectivity index (χ1v) is 10.2. The molecule has 0 amide bonds. The first kappa shape index (κ1) is 23.9. The van der Waals surface area contributed by atoms with Crippen LogP contribution in [0.5, 0.6) is 17.2 Å². The Hall–Kier alpha value is -3.71. The summed E-state index contributed by atoms with van der Waals surface area (Å²) in [5.41, 5.74) is 3.19. The minimum Gasteiger partial charge on any atom is -0.507 e. The zero-order valence-electron chi connectivity index (χ0n) is 18.6. The lowest BCUT2D eigenvalue weighted by molar-refractivity contribution is 0.0525. The fraction of sp³-hybridized carbons (Fsp3) is 0.200. The molecule has 0 saturated carbocycles. The number of methoxy groups -OCH3 is 1. The van der Waals surface area contributed by atoms with E-state index in [0.29, 0.717) is 33.7 Å². The number of hydrogen-bond donors (Lipinski definition) is 1. The number of fused-ring (bicyclic) bond motifs is 1. The van der Waals surface area contributed by atoms with Crippen molar-refractivity contribution in [3.63, 3.8) is 0 Å². The maximum absolute atomic E-state index is 12.9. The molecule has 7 nitrogen and oxygen atoms in total. The first-order chi connectivity index (χ1) is 15.5. The first-order valence-electron chi connectivity index (χ1n) is 10.2. The number of rotatable bonds is 7. The summed E-state index contributed by atoms with van der Waals surface area (Å²) in [6, 6.07) is 14.4. The highest BCUT2D eigenvalue weighted by atomic mass is 35.5. The molecule has 4 aromatic rings. The van der Waals surface area contributed by atoms with Crippen LogP contribution in [0.3, 0.4) is 0 Å². The highest BCUT2D eigenvalue weighted by molar-refractivity contribution is 6.07. The van der Waals surface area contributed by atoms with Gasteiger partial charge in [0.2, 0.25) is 0 Å². The number of phenolic OH excluding ortho intramolecular Hbond substituents is 1. The number of esters is 1. The molecular formula is C25H25ClN2O5. The normalized spacial score (nSPS) is 10.5. The predicted octanol–water partition coefficient (Wildman–Crippen LogP) is 5.13. The van der Waals surface area contributed by atoms with Crippen molar-refractivity contribution in [3.8, 4) is 28.4 Å². The number of carbonyl (C=O) groups excluding carboxylic acids is 1. The number of aryl methyl sites for hydroxylation is 1. The second kappa shape index (κ2) is 10.3. The Labute approximate surface area is 198 Å². The van der Waals surface area contributed by atoms with E-state index in [1.165, 1.54) is 0 Å². The molecule has 0 aliphatic heterocycles. The molecule has 0 atom stereocenters. The number of ether oxygens (including phenoxy) is 3. The van der Waals surface area contributed by atoms with E-state index in [-0.39, 0.29) is 31.4 Å². The predicted molar refractivity (Wildman–Crippen MR) is 128 cm³/mol. The van der Waals surface area contributed by atoms with E-state index in [9.17, 15) is 9.90 Å². The molecule has 0 saturated heterocycles. The van der Waals surface area contributed by atoms with Gasteiger partial charge in [-0.05, 0) is 37.3 Å². The number of aromatic hydroxyl groups is 1. The van der Waals surface area contributed by atoms with E-state index in [2.05, 4.69) is 4.98 Å².